The standard InChI is InChI=1S/C11H15F2N5/c1-8-9(6-16-17(8)2)5-14-7-10-3-4-15-18(10)11(12)13/h3-4,6,11,14H,5,7H2,1-2H3. The summed E-state index contributed by atoms with van der Waals surface area (Å²) in [5.41, 5.74) is 2.58. The van der Waals surface area contributed by atoms with Crippen molar-refractivity contribution in [1.29, 1.82) is 0 Å². The SMILES string of the molecule is Cc1c(CNCc2ccnn2C(F)F)cnn1C. The summed E-state index contributed by atoms with van der Waals surface area (Å²) in [6.07, 6.45) is 3.14. The van der Waals surface area contributed by atoms with Crippen molar-refractivity contribution in [2.75, 3.05) is 0 Å². The zero-order valence-corrected chi connectivity index (χ0v) is 10.3. The van der Waals surface area contributed by atoms with Gasteiger partial charge in [0, 0.05) is 37.6 Å². The number of nitrogens with one attached hydrogen (secondary N) is 1. The number of aryl methyl sites for hydroxylation is 1. The van der Waals surface area contributed by atoms with Crippen LogP contribution >= 0.6 is 0 Å². The third-order valence-electron chi connectivity index (χ3n) is 2.90. The van der Waals surface area contributed by atoms with Gasteiger partial charge in [-0.15, -0.1) is 0 Å². The normalized spacial score (nSPS) is 11.4. The van der Waals surface area contributed by atoms with Gasteiger partial charge >= 0.3 is 6.55 Å². The first kappa shape index (κ1) is 12.7. The van der Waals surface area contributed by atoms with Crippen LogP contribution in [-0.4, -0.2) is 19.6 Å². The lowest BCUT2D eigenvalue weighted by atomic mass is 10.2. The number of rotatable bonds is 5. The first-order valence-electron chi connectivity index (χ1n) is 5.58. The van der Waals surface area contributed by atoms with Crippen LogP contribution in [-0.2, 0) is 20.1 Å². The molecule has 18 heavy (non-hydrogen) atoms. The van der Waals surface area contributed by atoms with Gasteiger partial charge in [0.15, 0.2) is 0 Å². The molecule has 0 atom stereocenters. The molecule has 2 aromatic rings. The van der Waals surface area contributed by atoms with Crippen LogP contribution in [0.25, 0.3) is 0 Å². The number of halogens is 2. The highest BCUT2D eigenvalue weighted by Crippen LogP contribution is 2.12. The highest BCUT2D eigenvalue weighted by molar-refractivity contribution is 5.15. The van der Waals surface area contributed by atoms with Crippen molar-refractivity contribution < 1.29 is 8.78 Å². The minimum absolute atomic E-state index is 0.346. The maximum Gasteiger partial charge on any atom is 0.333 e. The molecule has 0 aliphatic rings. The van der Waals surface area contributed by atoms with Crippen molar-refractivity contribution in [3.05, 3.63) is 35.4 Å². The second-order valence-corrected chi connectivity index (χ2v) is 4.03. The summed E-state index contributed by atoms with van der Waals surface area (Å²) in [6, 6.07) is 1.58. The van der Waals surface area contributed by atoms with Crippen molar-refractivity contribution in [2.45, 2.75) is 26.6 Å². The zero-order chi connectivity index (χ0) is 13.1. The van der Waals surface area contributed by atoms with E-state index in [4.69, 9.17) is 0 Å². The summed E-state index contributed by atoms with van der Waals surface area (Å²) in [5.74, 6) is 0. The summed E-state index contributed by atoms with van der Waals surface area (Å²) in [6.45, 7) is 0.303. The van der Waals surface area contributed by atoms with Gasteiger partial charge in [-0.3, -0.25) is 4.68 Å². The van der Waals surface area contributed by atoms with Gasteiger partial charge in [0.2, 0.25) is 0 Å². The molecule has 2 aromatic heterocycles. The molecule has 1 N–H and O–H groups in total. The topological polar surface area (TPSA) is 47.7 Å². The predicted molar refractivity (Wildman–Crippen MR) is 62.0 cm³/mol. The average molecular weight is 255 g/mol. The molecule has 0 fully saturated rings. The maximum atomic E-state index is 12.5. The Balaban J connectivity index is 1.92. The Morgan fingerprint density at radius 3 is 2.72 bits per heavy atom. The van der Waals surface area contributed by atoms with Crippen LogP contribution in [0.1, 0.15) is 23.5 Å². The molecule has 0 aliphatic carbocycles. The number of alkyl halides is 2. The van der Waals surface area contributed by atoms with E-state index in [0.29, 0.717) is 23.5 Å². The van der Waals surface area contributed by atoms with E-state index in [0.717, 1.165) is 11.3 Å². The van der Waals surface area contributed by atoms with Gasteiger partial charge in [-0.05, 0) is 13.0 Å². The van der Waals surface area contributed by atoms with Crippen LogP contribution in [0.3, 0.4) is 0 Å². The van der Waals surface area contributed by atoms with Gasteiger partial charge in [-0.25, -0.2) is 4.68 Å². The van der Waals surface area contributed by atoms with Crippen LogP contribution in [0, 0.1) is 6.92 Å². The monoisotopic (exact) mass is 255 g/mol. The average Bonchev–Trinajstić information content (AvgIpc) is 2.91. The summed E-state index contributed by atoms with van der Waals surface area (Å²) in [7, 11) is 1.87. The Hall–Kier alpha value is -1.76. The molecular formula is C11H15F2N5. The van der Waals surface area contributed by atoms with Crippen LogP contribution in [0.2, 0.25) is 0 Å². The van der Waals surface area contributed by atoms with Crippen molar-refractivity contribution in [2.24, 2.45) is 7.05 Å². The highest BCUT2D eigenvalue weighted by atomic mass is 19.3. The summed E-state index contributed by atoms with van der Waals surface area (Å²) in [4.78, 5) is 0. The lowest BCUT2D eigenvalue weighted by Gasteiger charge is -2.07. The Labute approximate surface area is 103 Å². The first-order valence-corrected chi connectivity index (χ1v) is 5.58. The number of hydrogen-bond acceptors (Lipinski definition) is 3. The van der Waals surface area contributed by atoms with E-state index in [9.17, 15) is 8.78 Å². The largest absolute Gasteiger partial charge is 0.333 e. The molecule has 7 heteroatoms. The van der Waals surface area contributed by atoms with Crippen LogP contribution < -0.4 is 5.32 Å². The third-order valence-corrected chi connectivity index (χ3v) is 2.90. The lowest BCUT2D eigenvalue weighted by Crippen LogP contribution is -2.17. The number of nitrogens with zero attached hydrogens (tertiary/aromatic N) is 4. The summed E-state index contributed by atoms with van der Waals surface area (Å²) in [5, 5.41) is 10.8. The first-order chi connectivity index (χ1) is 8.59. The van der Waals surface area contributed by atoms with Crippen molar-refractivity contribution >= 4 is 0 Å². The van der Waals surface area contributed by atoms with Crippen LogP contribution in [0.5, 0.6) is 0 Å². The van der Waals surface area contributed by atoms with Gasteiger partial charge in [0.05, 0.1) is 11.9 Å². The van der Waals surface area contributed by atoms with Gasteiger partial charge in [0.1, 0.15) is 0 Å². The molecule has 0 aromatic carbocycles. The molecule has 0 aliphatic heterocycles. The Morgan fingerprint density at radius 2 is 2.11 bits per heavy atom. The molecule has 0 unspecified atom stereocenters. The molecule has 0 amide bonds. The molecule has 5 nitrogen and oxygen atoms in total. The summed E-state index contributed by atoms with van der Waals surface area (Å²) < 4.78 is 27.6. The molecule has 0 spiro atoms. The fourth-order valence-electron chi connectivity index (χ4n) is 1.70. The van der Waals surface area contributed by atoms with Crippen LogP contribution in [0.15, 0.2) is 18.5 Å². The van der Waals surface area contributed by atoms with Crippen LogP contribution in [0.4, 0.5) is 8.78 Å². The van der Waals surface area contributed by atoms with Gasteiger partial charge in [-0.2, -0.15) is 19.0 Å². The third kappa shape index (κ3) is 2.56. The molecule has 0 radical (unpaired) electrons. The van der Waals surface area contributed by atoms with E-state index in [1.165, 1.54) is 6.20 Å². The van der Waals surface area contributed by atoms with E-state index >= 15 is 0 Å². The Morgan fingerprint density at radius 1 is 1.33 bits per heavy atom. The smallest absolute Gasteiger partial charge is 0.307 e. The fourth-order valence-corrected chi connectivity index (χ4v) is 1.70. The zero-order valence-electron chi connectivity index (χ0n) is 10.3. The molecule has 2 heterocycles. The molecule has 0 saturated heterocycles. The minimum Gasteiger partial charge on any atom is -0.307 e. The van der Waals surface area contributed by atoms with Gasteiger partial charge in [-0.1, -0.05) is 0 Å². The van der Waals surface area contributed by atoms with Crippen molar-refractivity contribution in [1.82, 2.24) is 24.9 Å². The van der Waals surface area contributed by atoms with Gasteiger partial charge in [0.25, 0.3) is 0 Å². The quantitative estimate of drug-likeness (QED) is 0.883. The van der Waals surface area contributed by atoms with E-state index in [1.54, 1.807) is 16.9 Å². The molecule has 98 valence electrons. The van der Waals surface area contributed by atoms with Crippen molar-refractivity contribution in [3.8, 4) is 0 Å². The molecule has 0 bridgehead atoms. The maximum absolute atomic E-state index is 12.5. The predicted octanol–water partition coefficient (Wildman–Crippen LogP) is 1.61. The molecule has 2 rings (SSSR count). The highest BCUT2D eigenvalue weighted by Gasteiger charge is 2.11. The van der Waals surface area contributed by atoms with E-state index in [-0.39, 0.29) is 0 Å². The fraction of sp³-hybridized carbons (Fsp3) is 0.455. The second-order valence-electron chi connectivity index (χ2n) is 4.03. The van der Waals surface area contributed by atoms with Gasteiger partial charge < -0.3 is 5.32 Å². The molecular weight excluding hydrogens is 240 g/mol. The van der Waals surface area contributed by atoms with Crippen molar-refractivity contribution in [3.63, 3.8) is 0 Å². The Bertz CT molecular complexity index is 517. The molecule has 0 saturated carbocycles. The lowest BCUT2D eigenvalue weighted by molar-refractivity contribution is 0.0531. The summed E-state index contributed by atoms with van der Waals surface area (Å²) >= 11 is 0. The van der Waals surface area contributed by atoms with E-state index in [1.807, 2.05) is 14.0 Å². The minimum atomic E-state index is -2.60. The Kier molecular flexibility index (Phi) is 3.71. The number of aromatic nitrogens is 4. The second kappa shape index (κ2) is 5.26. The van der Waals surface area contributed by atoms with E-state index < -0.39 is 6.55 Å². The number of hydrogen-bond donors (Lipinski definition) is 1. The van der Waals surface area contributed by atoms with E-state index in [2.05, 4.69) is 15.5 Å².